The molecule has 0 saturated heterocycles. The summed E-state index contributed by atoms with van der Waals surface area (Å²) >= 11 is 0. The van der Waals surface area contributed by atoms with E-state index in [0.717, 1.165) is 5.69 Å². The molecule has 7 heteroatoms. The number of H-pyrrole nitrogens is 1. The summed E-state index contributed by atoms with van der Waals surface area (Å²) in [5.74, 6) is -1.20. The van der Waals surface area contributed by atoms with Gasteiger partial charge in [0.2, 0.25) is 0 Å². The van der Waals surface area contributed by atoms with E-state index in [1.165, 1.54) is 18.3 Å². The SMILES string of the molecule is Cc1cc(C(=O)Nc2ccc(C(=O)O)cn2)n[nH]1. The van der Waals surface area contributed by atoms with Crippen LogP contribution in [-0.2, 0) is 0 Å². The maximum atomic E-state index is 11.7. The number of carbonyl (C=O) groups is 2. The van der Waals surface area contributed by atoms with Crippen molar-refractivity contribution in [2.24, 2.45) is 0 Å². The number of carbonyl (C=O) groups excluding carboxylic acids is 1. The normalized spacial score (nSPS) is 10.1. The second kappa shape index (κ2) is 4.66. The summed E-state index contributed by atoms with van der Waals surface area (Å²) in [6, 6.07) is 4.38. The minimum absolute atomic E-state index is 0.0589. The Morgan fingerprint density at radius 2 is 2.17 bits per heavy atom. The van der Waals surface area contributed by atoms with Gasteiger partial charge in [0, 0.05) is 11.9 Å². The third-order valence-electron chi connectivity index (χ3n) is 2.19. The molecule has 2 heterocycles. The molecule has 0 atom stereocenters. The summed E-state index contributed by atoms with van der Waals surface area (Å²) in [7, 11) is 0. The summed E-state index contributed by atoms with van der Waals surface area (Å²) in [6.45, 7) is 1.78. The predicted octanol–water partition coefficient (Wildman–Crippen LogP) is 1.06. The Balaban J connectivity index is 2.10. The minimum Gasteiger partial charge on any atom is -0.478 e. The lowest BCUT2D eigenvalue weighted by Crippen LogP contribution is -2.13. The van der Waals surface area contributed by atoms with Crippen molar-refractivity contribution in [3.8, 4) is 0 Å². The van der Waals surface area contributed by atoms with Crippen LogP contribution in [0.1, 0.15) is 26.5 Å². The van der Waals surface area contributed by atoms with Gasteiger partial charge in [0.1, 0.15) is 5.82 Å². The summed E-state index contributed by atoms with van der Waals surface area (Å²) in [4.78, 5) is 26.1. The van der Waals surface area contributed by atoms with E-state index in [0.29, 0.717) is 0 Å². The monoisotopic (exact) mass is 246 g/mol. The maximum Gasteiger partial charge on any atom is 0.337 e. The smallest absolute Gasteiger partial charge is 0.337 e. The molecule has 0 fully saturated rings. The minimum atomic E-state index is -1.07. The summed E-state index contributed by atoms with van der Waals surface area (Å²) in [5.41, 5.74) is 1.08. The van der Waals surface area contributed by atoms with Crippen molar-refractivity contribution < 1.29 is 14.7 Å². The third kappa shape index (κ3) is 2.51. The lowest BCUT2D eigenvalue weighted by atomic mass is 10.3. The van der Waals surface area contributed by atoms with Gasteiger partial charge >= 0.3 is 5.97 Å². The molecule has 0 aliphatic carbocycles. The van der Waals surface area contributed by atoms with Gasteiger partial charge in [0.15, 0.2) is 5.69 Å². The molecule has 1 amide bonds. The largest absolute Gasteiger partial charge is 0.478 e. The van der Waals surface area contributed by atoms with Crippen LogP contribution in [-0.4, -0.2) is 32.2 Å². The lowest BCUT2D eigenvalue weighted by molar-refractivity contribution is 0.0696. The molecule has 0 saturated carbocycles. The fourth-order valence-corrected chi connectivity index (χ4v) is 1.31. The van der Waals surface area contributed by atoms with Crippen molar-refractivity contribution in [1.29, 1.82) is 0 Å². The quantitative estimate of drug-likeness (QED) is 0.750. The number of rotatable bonds is 3. The van der Waals surface area contributed by atoms with Gasteiger partial charge in [0.25, 0.3) is 5.91 Å². The van der Waals surface area contributed by atoms with E-state index in [2.05, 4.69) is 20.5 Å². The zero-order chi connectivity index (χ0) is 13.1. The van der Waals surface area contributed by atoms with E-state index in [4.69, 9.17) is 5.11 Å². The standard InChI is InChI=1S/C11H10N4O3/c1-6-4-8(15-14-6)10(16)13-9-3-2-7(5-12-9)11(17)18/h2-5H,1H3,(H,14,15)(H,17,18)(H,12,13,16). The fraction of sp³-hybridized carbons (Fsp3) is 0.0909. The Morgan fingerprint density at radius 3 is 2.67 bits per heavy atom. The zero-order valence-electron chi connectivity index (χ0n) is 9.47. The number of aromatic nitrogens is 3. The second-order valence-electron chi connectivity index (χ2n) is 3.63. The number of carboxylic acid groups (broad SMARTS) is 1. The van der Waals surface area contributed by atoms with Crippen LogP contribution in [0.4, 0.5) is 5.82 Å². The Morgan fingerprint density at radius 1 is 1.39 bits per heavy atom. The van der Waals surface area contributed by atoms with Gasteiger partial charge < -0.3 is 10.4 Å². The molecule has 0 bridgehead atoms. The van der Waals surface area contributed by atoms with Crippen molar-refractivity contribution >= 4 is 17.7 Å². The van der Waals surface area contributed by atoms with Crippen LogP contribution in [0.5, 0.6) is 0 Å². The van der Waals surface area contributed by atoms with Gasteiger partial charge in [-0.05, 0) is 25.1 Å². The summed E-state index contributed by atoms with van der Waals surface area (Å²) < 4.78 is 0. The van der Waals surface area contributed by atoms with Gasteiger partial charge in [-0.15, -0.1) is 0 Å². The van der Waals surface area contributed by atoms with Crippen LogP contribution in [0.3, 0.4) is 0 Å². The molecule has 18 heavy (non-hydrogen) atoms. The van der Waals surface area contributed by atoms with Crippen LogP contribution >= 0.6 is 0 Å². The number of aryl methyl sites for hydroxylation is 1. The van der Waals surface area contributed by atoms with E-state index >= 15 is 0 Å². The topological polar surface area (TPSA) is 108 Å². The van der Waals surface area contributed by atoms with Crippen molar-refractivity contribution in [3.63, 3.8) is 0 Å². The first kappa shape index (κ1) is 11.8. The molecule has 0 spiro atoms. The molecule has 92 valence electrons. The molecule has 3 N–H and O–H groups in total. The highest BCUT2D eigenvalue weighted by atomic mass is 16.4. The number of anilines is 1. The highest BCUT2D eigenvalue weighted by Crippen LogP contribution is 2.07. The second-order valence-corrected chi connectivity index (χ2v) is 3.63. The Kier molecular flexibility index (Phi) is 3.05. The van der Waals surface area contributed by atoms with E-state index in [-0.39, 0.29) is 17.1 Å². The summed E-state index contributed by atoms with van der Waals surface area (Å²) in [5, 5.41) is 17.7. The molecule has 0 radical (unpaired) electrons. The highest BCUT2D eigenvalue weighted by Gasteiger charge is 2.10. The molecule has 0 aliphatic heterocycles. The number of nitrogens with one attached hydrogen (secondary N) is 2. The van der Waals surface area contributed by atoms with Crippen LogP contribution in [0.2, 0.25) is 0 Å². The third-order valence-corrected chi connectivity index (χ3v) is 2.19. The van der Waals surface area contributed by atoms with Crippen molar-refractivity contribution in [2.75, 3.05) is 5.32 Å². The van der Waals surface area contributed by atoms with E-state index in [1.54, 1.807) is 13.0 Å². The molecule has 0 aliphatic rings. The number of amides is 1. The van der Waals surface area contributed by atoms with E-state index in [9.17, 15) is 9.59 Å². The van der Waals surface area contributed by atoms with Gasteiger partial charge in [-0.3, -0.25) is 9.89 Å². The first-order chi connectivity index (χ1) is 8.56. The van der Waals surface area contributed by atoms with Crippen molar-refractivity contribution in [1.82, 2.24) is 15.2 Å². The number of hydrogen-bond acceptors (Lipinski definition) is 4. The number of pyridine rings is 1. The van der Waals surface area contributed by atoms with Crippen molar-refractivity contribution in [3.05, 3.63) is 41.3 Å². The van der Waals surface area contributed by atoms with E-state index in [1.807, 2.05) is 0 Å². The first-order valence-corrected chi connectivity index (χ1v) is 5.09. The number of carboxylic acids is 1. The summed E-state index contributed by atoms with van der Waals surface area (Å²) in [6.07, 6.45) is 1.17. The van der Waals surface area contributed by atoms with Crippen LogP contribution in [0.25, 0.3) is 0 Å². The molecule has 2 rings (SSSR count). The average molecular weight is 246 g/mol. The Bertz CT molecular complexity index is 589. The molecular formula is C11H10N4O3. The Labute approximate surface area is 102 Å². The average Bonchev–Trinajstić information content (AvgIpc) is 2.76. The molecule has 0 aromatic carbocycles. The Hall–Kier alpha value is -2.70. The molecular weight excluding hydrogens is 236 g/mol. The molecule has 0 unspecified atom stereocenters. The van der Waals surface area contributed by atoms with Gasteiger partial charge in [-0.1, -0.05) is 0 Å². The van der Waals surface area contributed by atoms with Gasteiger partial charge in [0.05, 0.1) is 5.56 Å². The van der Waals surface area contributed by atoms with Crippen LogP contribution < -0.4 is 5.32 Å². The fourth-order valence-electron chi connectivity index (χ4n) is 1.31. The molecule has 7 nitrogen and oxygen atoms in total. The van der Waals surface area contributed by atoms with E-state index < -0.39 is 11.9 Å². The number of nitrogens with zero attached hydrogens (tertiary/aromatic N) is 2. The first-order valence-electron chi connectivity index (χ1n) is 5.09. The molecule has 2 aromatic rings. The van der Waals surface area contributed by atoms with Gasteiger partial charge in [-0.2, -0.15) is 5.10 Å². The number of aromatic amines is 1. The zero-order valence-corrected chi connectivity index (χ0v) is 9.47. The number of aromatic carboxylic acids is 1. The van der Waals surface area contributed by atoms with Crippen LogP contribution in [0.15, 0.2) is 24.4 Å². The number of hydrogen-bond donors (Lipinski definition) is 3. The highest BCUT2D eigenvalue weighted by molar-refractivity contribution is 6.02. The van der Waals surface area contributed by atoms with Gasteiger partial charge in [-0.25, -0.2) is 9.78 Å². The predicted molar refractivity (Wildman–Crippen MR) is 62.5 cm³/mol. The lowest BCUT2D eigenvalue weighted by Gasteiger charge is -2.01. The maximum absolute atomic E-state index is 11.7. The van der Waals surface area contributed by atoms with Crippen molar-refractivity contribution in [2.45, 2.75) is 6.92 Å². The van der Waals surface area contributed by atoms with Crippen LogP contribution in [0, 0.1) is 6.92 Å². The molecule has 2 aromatic heterocycles.